The summed E-state index contributed by atoms with van der Waals surface area (Å²) >= 11 is 0. The standard InChI is InChI=1S/C23H16F3N3O3/c24-23(25,26)32-19-12-8-17(9-13-19)29-22(30)28-16-6-10-18(11-7-16)31-20-5-1-3-15-4-2-14-27-21(15)20/h1-14H,(H2,28,29,30). The van der Waals surface area contributed by atoms with Gasteiger partial charge in [0.25, 0.3) is 0 Å². The topological polar surface area (TPSA) is 72.5 Å². The lowest BCUT2D eigenvalue weighted by molar-refractivity contribution is -0.274. The molecule has 4 aromatic rings. The first kappa shape index (κ1) is 21.0. The molecule has 4 rings (SSSR count). The van der Waals surface area contributed by atoms with Gasteiger partial charge in [-0.15, -0.1) is 13.2 Å². The summed E-state index contributed by atoms with van der Waals surface area (Å²) in [5, 5.41) is 6.12. The molecule has 0 aliphatic rings. The van der Waals surface area contributed by atoms with Crippen molar-refractivity contribution in [3.05, 3.63) is 85.1 Å². The van der Waals surface area contributed by atoms with Crippen LogP contribution < -0.4 is 20.1 Å². The number of carbonyl (C=O) groups is 1. The fourth-order valence-corrected chi connectivity index (χ4v) is 2.93. The van der Waals surface area contributed by atoms with Gasteiger partial charge in [0, 0.05) is 23.0 Å². The molecule has 0 atom stereocenters. The van der Waals surface area contributed by atoms with Crippen molar-refractivity contribution >= 4 is 28.3 Å². The molecule has 0 radical (unpaired) electrons. The number of halogens is 3. The zero-order chi connectivity index (χ0) is 22.6. The first-order valence-corrected chi connectivity index (χ1v) is 9.41. The average Bonchev–Trinajstić information content (AvgIpc) is 2.76. The lowest BCUT2D eigenvalue weighted by atomic mass is 10.2. The van der Waals surface area contributed by atoms with E-state index >= 15 is 0 Å². The number of para-hydroxylation sites is 1. The minimum atomic E-state index is -4.77. The third-order valence-corrected chi connectivity index (χ3v) is 4.28. The molecular weight excluding hydrogens is 423 g/mol. The van der Waals surface area contributed by atoms with Crippen LogP contribution in [0.15, 0.2) is 85.1 Å². The van der Waals surface area contributed by atoms with E-state index in [4.69, 9.17) is 4.74 Å². The molecule has 6 nitrogen and oxygen atoms in total. The lowest BCUT2D eigenvalue weighted by Gasteiger charge is -2.11. The molecule has 162 valence electrons. The Bertz CT molecular complexity index is 1220. The molecule has 0 aliphatic heterocycles. The molecule has 2 amide bonds. The van der Waals surface area contributed by atoms with Crippen LogP contribution >= 0.6 is 0 Å². The Morgan fingerprint density at radius 1 is 0.781 bits per heavy atom. The van der Waals surface area contributed by atoms with Crippen LogP contribution in [-0.2, 0) is 0 Å². The van der Waals surface area contributed by atoms with Crippen molar-refractivity contribution in [2.45, 2.75) is 6.36 Å². The Kier molecular flexibility index (Phi) is 5.80. The molecule has 0 saturated heterocycles. The zero-order valence-electron chi connectivity index (χ0n) is 16.4. The van der Waals surface area contributed by atoms with Crippen molar-refractivity contribution in [1.82, 2.24) is 4.98 Å². The third kappa shape index (κ3) is 5.45. The molecule has 9 heteroatoms. The first-order chi connectivity index (χ1) is 15.4. The van der Waals surface area contributed by atoms with Crippen LogP contribution in [0.1, 0.15) is 0 Å². The Balaban J connectivity index is 1.35. The number of rotatable bonds is 5. The number of alkyl halides is 3. The number of aromatic nitrogens is 1. The number of carbonyl (C=O) groups excluding carboxylic acids is 1. The summed E-state index contributed by atoms with van der Waals surface area (Å²) < 4.78 is 46.3. The van der Waals surface area contributed by atoms with Crippen molar-refractivity contribution in [3.63, 3.8) is 0 Å². The van der Waals surface area contributed by atoms with Crippen molar-refractivity contribution < 1.29 is 27.4 Å². The smallest absolute Gasteiger partial charge is 0.455 e. The van der Waals surface area contributed by atoms with E-state index in [-0.39, 0.29) is 5.75 Å². The molecule has 2 N–H and O–H groups in total. The number of fused-ring (bicyclic) bond motifs is 1. The number of nitrogens with one attached hydrogen (secondary N) is 2. The highest BCUT2D eigenvalue weighted by atomic mass is 19.4. The normalized spacial score (nSPS) is 11.1. The Morgan fingerprint density at radius 2 is 1.38 bits per heavy atom. The number of hydrogen-bond acceptors (Lipinski definition) is 4. The van der Waals surface area contributed by atoms with Gasteiger partial charge in [0.2, 0.25) is 0 Å². The summed E-state index contributed by atoms with van der Waals surface area (Å²) in [5.74, 6) is 0.800. The Hall–Kier alpha value is -4.27. The summed E-state index contributed by atoms with van der Waals surface area (Å²) in [6, 6.07) is 20.4. The van der Waals surface area contributed by atoms with E-state index in [2.05, 4.69) is 20.4 Å². The maximum absolute atomic E-state index is 12.2. The maximum Gasteiger partial charge on any atom is 0.573 e. The summed E-state index contributed by atoms with van der Waals surface area (Å²) in [6.07, 6.45) is -3.08. The Labute approximate surface area is 180 Å². The number of anilines is 2. The van der Waals surface area contributed by atoms with Crippen molar-refractivity contribution in [2.75, 3.05) is 10.6 Å². The molecular formula is C23H16F3N3O3. The van der Waals surface area contributed by atoms with Crippen molar-refractivity contribution in [1.29, 1.82) is 0 Å². The molecule has 0 fully saturated rings. The largest absolute Gasteiger partial charge is 0.573 e. The highest BCUT2D eigenvalue weighted by Crippen LogP contribution is 2.29. The second-order valence-corrected chi connectivity index (χ2v) is 6.61. The van der Waals surface area contributed by atoms with Crippen LogP contribution in [0.4, 0.5) is 29.3 Å². The minimum absolute atomic E-state index is 0.306. The average molecular weight is 439 g/mol. The number of benzene rings is 3. The van der Waals surface area contributed by atoms with Crippen molar-refractivity contribution in [3.8, 4) is 17.2 Å². The number of amides is 2. The minimum Gasteiger partial charge on any atom is -0.455 e. The summed E-state index contributed by atoms with van der Waals surface area (Å²) in [4.78, 5) is 16.5. The van der Waals surface area contributed by atoms with Crippen LogP contribution in [0.3, 0.4) is 0 Å². The van der Waals surface area contributed by atoms with Gasteiger partial charge >= 0.3 is 12.4 Å². The Morgan fingerprint density at radius 3 is 2.00 bits per heavy atom. The summed E-state index contributed by atoms with van der Waals surface area (Å²) in [6.45, 7) is 0. The van der Waals surface area contributed by atoms with Gasteiger partial charge in [-0.25, -0.2) is 4.79 Å². The van der Waals surface area contributed by atoms with E-state index in [9.17, 15) is 18.0 Å². The van der Waals surface area contributed by atoms with Crippen LogP contribution in [0.2, 0.25) is 0 Å². The van der Waals surface area contributed by atoms with E-state index in [0.717, 1.165) is 23.0 Å². The number of nitrogens with zero attached hydrogens (tertiary/aromatic N) is 1. The molecule has 0 bridgehead atoms. The van der Waals surface area contributed by atoms with E-state index in [1.807, 2.05) is 30.3 Å². The molecule has 0 spiro atoms. The summed E-state index contributed by atoms with van der Waals surface area (Å²) in [5.41, 5.74) is 1.55. The van der Waals surface area contributed by atoms with E-state index in [1.165, 1.54) is 12.1 Å². The van der Waals surface area contributed by atoms with Crippen LogP contribution in [0.25, 0.3) is 10.9 Å². The number of ether oxygens (including phenoxy) is 2. The van der Waals surface area contributed by atoms with Gasteiger partial charge in [0.1, 0.15) is 17.0 Å². The molecule has 0 aliphatic carbocycles. The number of pyridine rings is 1. The third-order valence-electron chi connectivity index (χ3n) is 4.28. The predicted molar refractivity (Wildman–Crippen MR) is 114 cm³/mol. The second kappa shape index (κ2) is 8.84. The predicted octanol–water partition coefficient (Wildman–Crippen LogP) is 6.57. The van der Waals surface area contributed by atoms with Gasteiger partial charge in [-0.2, -0.15) is 0 Å². The van der Waals surface area contributed by atoms with Gasteiger partial charge in [0.05, 0.1) is 0 Å². The molecule has 0 saturated carbocycles. The fraction of sp³-hybridized carbons (Fsp3) is 0.0435. The van der Waals surface area contributed by atoms with E-state index in [1.54, 1.807) is 30.5 Å². The van der Waals surface area contributed by atoms with E-state index < -0.39 is 12.4 Å². The monoisotopic (exact) mass is 439 g/mol. The maximum atomic E-state index is 12.2. The highest BCUT2D eigenvalue weighted by molar-refractivity contribution is 5.99. The molecule has 1 heterocycles. The number of urea groups is 1. The van der Waals surface area contributed by atoms with Gasteiger partial charge < -0.3 is 20.1 Å². The van der Waals surface area contributed by atoms with Crippen LogP contribution in [0, 0.1) is 0 Å². The molecule has 3 aromatic carbocycles. The van der Waals surface area contributed by atoms with Gasteiger partial charge in [-0.3, -0.25) is 4.98 Å². The molecule has 1 aromatic heterocycles. The highest BCUT2D eigenvalue weighted by Gasteiger charge is 2.30. The molecule has 32 heavy (non-hydrogen) atoms. The second-order valence-electron chi connectivity index (χ2n) is 6.61. The van der Waals surface area contributed by atoms with Crippen molar-refractivity contribution in [2.24, 2.45) is 0 Å². The van der Waals surface area contributed by atoms with Gasteiger partial charge in [0.15, 0.2) is 5.75 Å². The van der Waals surface area contributed by atoms with Gasteiger partial charge in [-0.1, -0.05) is 18.2 Å². The van der Waals surface area contributed by atoms with Crippen LogP contribution in [0.5, 0.6) is 17.2 Å². The SMILES string of the molecule is O=C(Nc1ccc(Oc2cccc3cccnc23)cc1)Nc1ccc(OC(F)(F)F)cc1. The van der Waals surface area contributed by atoms with E-state index in [0.29, 0.717) is 22.9 Å². The molecule has 0 unspecified atom stereocenters. The lowest BCUT2D eigenvalue weighted by Crippen LogP contribution is -2.19. The first-order valence-electron chi connectivity index (χ1n) is 9.41. The fourth-order valence-electron chi connectivity index (χ4n) is 2.93. The number of hydrogen-bond donors (Lipinski definition) is 2. The van der Waals surface area contributed by atoms with Crippen LogP contribution in [-0.4, -0.2) is 17.4 Å². The quantitative estimate of drug-likeness (QED) is 0.369. The summed E-state index contributed by atoms with van der Waals surface area (Å²) in [7, 11) is 0. The van der Waals surface area contributed by atoms with Gasteiger partial charge in [-0.05, 0) is 60.7 Å². The zero-order valence-corrected chi connectivity index (χ0v) is 16.4.